The summed E-state index contributed by atoms with van der Waals surface area (Å²) in [5.41, 5.74) is 0.389. The Morgan fingerprint density at radius 2 is 1.79 bits per heavy atom. The van der Waals surface area contributed by atoms with Crippen molar-refractivity contribution in [3.63, 3.8) is 0 Å². The topological polar surface area (TPSA) is 83.6 Å². The first-order valence-corrected chi connectivity index (χ1v) is 8.45. The van der Waals surface area contributed by atoms with E-state index >= 15 is 0 Å². The minimum absolute atomic E-state index is 0.00772. The first-order chi connectivity index (χ1) is 11.2. The largest absolute Gasteiger partial charge is 0.279 e. The maximum atomic E-state index is 13.2. The summed E-state index contributed by atoms with van der Waals surface area (Å²) < 4.78 is 40.6. The Hall–Kier alpha value is -2.74. The molecule has 2 amide bonds. The summed E-state index contributed by atoms with van der Waals surface area (Å²) in [7, 11) is -2.71. The van der Waals surface area contributed by atoms with Crippen LogP contribution < -0.4 is 4.72 Å². The normalized spacial score (nSPS) is 14.0. The summed E-state index contributed by atoms with van der Waals surface area (Å²) in [4.78, 5) is 25.0. The molecular weight excluding hydrogens is 335 g/mol. The quantitative estimate of drug-likeness (QED) is 0.862. The smallest absolute Gasteiger partial charge is 0.263 e. The average Bonchev–Trinajstić information content (AvgIpc) is 2.72. The number of imide groups is 1. The van der Waals surface area contributed by atoms with Crippen LogP contribution in [0.25, 0.3) is 0 Å². The number of nitrogens with one attached hydrogen (secondary N) is 1. The van der Waals surface area contributed by atoms with E-state index in [1.165, 1.54) is 32.2 Å². The SMILES string of the molecule is Cc1cc(F)ccc1S(=O)(=O)Nc1cccc2c1C(=O)N(C)C2=O. The van der Waals surface area contributed by atoms with Crippen molar-refractivity contribution in [2.45, 2.75) is 11.8 Å². The molecule has 0 bridgehead atoms. The predicted molar refractivity (Wildman–Crippen MR) is 84.8 cm³/mol. The van der Waals surface area contributed by atoms with Crippen molar-refractivity contribution in [2.75, 3.05) is 11.8 Å². The zero-order valence-electron chi connectivity index (χ0n) is 12.8. The van der Waals surface area contributed by atoms with Gasteiger partial charge < -0.3 is 0 Å². The third-order valence-corrected chi connectivity index (χ3v) is 5.31. The van der Waals surface area contributed by atoms with E-state index in [-0.39, 0.29) is 27.3 Å². The van der Waals surface area contributed by atoms with Crippen molar-refractivity contribution < 1.29 is 22.4 Å². The lowest BCUT2D eigenvalue weighted by atomic mass is 10.1. The molecule has 0 fully saturated rings. The van der Waals surface area contributed by atoms with E-state index in [0.717, 1.165) is 23.1 Å². The fourth-order valence-electron chi connectivity index (χ4n) is 2.60. The molecule has 1 N–H and O–H groups in total. The monoisotopic (exact) mass is 348 g/mol. The standard InChI is InChI=1S/C16H13FN2O4S/c1-9-8-10(17)6-7-13(9)24(22,23)18-12-5-3-4-11-14(12)16(21)19(2)15(11)20/h3-8,18H,1-2H3. The van der Waals surface area contributed by atoms with Gasteiger partial charge in [-0.25, -0.2) is 12.8 Å². The van der Waals surface area contributed by atoms with Crippen LogP contribution in [0.4, 0.5) is 10.1 Å². The highest BCUT2D eigenvalue weighted by atomic mass is 32.2. The summed E-state index contributed by atoms with van der Waals surface area (Å²) in [6.45, 7) is 1.47. The Morgan fingerprint density at radius 3 is 2.46 bits per heavy atom. The summed E-state index contributed by atoms with van der Waals surface area (Å²) >= 11 is 0. The van der Waals surface area contributed by atoms with Crippen LogP contribution in [0.2, 0.25) is 0 Å². The summed E-state index contributed by atoms with van der Waals surface area (Å²) in [6.07, 6.45) is 0. The van der Waals surface area contributed by atoms with Crippen LogP contribution in [0.3, 0.4) is 0 Å². The molecule has 1 heterocycles. The van der Waals surface area contributed by atoms with Crippen molar-refractivity contribution in [3.05, 3.63) is 58.9 Å². The molecule has 2 aromatic carbocycles. The predicted octanol–water partition coefficient (Wildman–Crippen LogP) is 2.16. The Bertz CT molecular complexity index is 986. The van der Waals surface area contributed by atoms with Crippen LogP contribution in [0.15, 0.2) is 41.3 Å². The minimum Gasteiger partial charge on any atom is -0.279 e. The number of hydrogen-bond acceptors (Lipinski definition) is 4. The number of halogens is 1. The number of hydrogen-bond donors (Lipinski definition) is 1. The minimum atomic E-state index is -4.04. The van der Waals surface area contributed by atoms with Crippen LogP contribution in [-0.4, -0.2) is 32.2 Å². The Morgan fingerprint density at radius 1 is 1.08 bits per heavy atom. The molecule has 0 aromatic heterocycles. The second-order valence-electron chi connectivity index (χ2n) is 5.41. The van der Waals surface area contributed by atoms with Crippen molar-refractivity contribution >= 4 is 27.5 Å². The van der Waals surface area contributed by atoms with Crippen molar-refractivity contribution in [2.24, 2.45) is 0 Å². The lowest BCUT2D eigenvalue weighted by Gasteiger charge is -2.12. The molecule has 1 aliphatic heterocycles. The molecule has 8 heteroatoms. The van der Waals surface area contributed by atoms with E-state index in [9.17, 15) is 22.4 Å². The third-order valence-electron chi connectivity index (χ3n) is 3.79. The van der Waals surface area contributed by atoms with Gasteiger partial charge in [-0.3, -0.25) is 19.2 Å². The maximum absolute atomic E-state index is 13.2. The van der Waals surface area contributed by atoms with Crippen LogP contribution in [0.5, 0.6) is 0 Å². The van der Waals surface area contributed by atoms with E-state index in [4.69, 9.17) is 0 Å². The van der Waals surface area contributed by atoms with Crippen molar-refractivity contribution in [1.29, 1.82) is 0 Å². The molecule has 0 radical (unpaired) electrons. The molecule has 0 saturated heterocycles. The molecule has 24 heavy (non-hydrogen) atoms. The van der Waals surface area contributed by atoms with E-state index < -0.39 is 27.7 Å². The molecule has 0 unspecified atom stereocenters. The second kappa shape index (κ2) is 5.41. The number of aryl methyl sites for hydroxylation is 1. The molecule has 3 rings (SSSR count). The molecule has 1 aliphatic rings. The fourth-order valence-corrected chi connectivity index (χ4v) is 3.90. The average molecular weight is 348 g/mol. The number of amides is 2. The first-order valence-electron chi connectivity index (χ1n) is 6.97. The van der Waals surface area contributed by atoms with Gasteiger partial charge in [0, 0.05) is 7.05 Å². The van der Waals surface area contributed by atoms with Gasteiger partial charge in [-0.1, -0.05) is 6.07 Å². The Labute approximate surface area is 138 Å². The molecule has 0 saturated carbocycles. The second-order valence-corrected chi connectivity index (χ2v) is 7.06. The Kier molecular flexibility index (Phi) is 3.64. The van der Waals surface area contributed by atoms with Crippen LogP contribution in [0.1, 0.15) is 26.3 Å². The lowest BCUT2D eigenvalue weighted by molar-refractivity contribution is 0.0693. The zero-order valence-corrected chi connectivity index (χ0v) is 13.6. The summed E-state index contributed by atoms with van der Waals surface area (Å²) in [5, 5.41) is 0. The number of carbonyl (C=O) groups is 2. The lowest BCUT2D eigenvalue weighted by Crippen LogP contribution is -2.24. The highest BCUT2D eigenvalue weighted by Crippen LogP contribution is 2.30. The summed E-state index contributed by atoms with van der Waals surface area (Å²) in [5.74, 6) is -1.62. The molecular formula is C16H13FN2O4S. The van der Waals surface area contributed by atoms with E-state index in [2.05, 4.69) is 4.72 Å². The number of benzene rings is 2. The molecule has 0 spiro atoms. The number of carbonyl (C=O) groups excluding carboxylic acids is 2. The highest BCUT2D eigenvalue weighted by Gasteiger charge is 2.35. The molecule has 0 atom stereocenters. The number of sulfonamides is 1. The van der Waals surface area contributed by atoms with Gasteiger partial charge in [0.2, 0.25) is 0 Å². The van der Waals surface area contributed by atoms with E-state index in [0.29, 0.717) is 0 Å². The van der Waals surface area contributed by atoms with Crippen LogP contribution in [-0.2, 0) is 10.0 Å². The van der Waals surface area contributed by atoms with E-state index in [1.54, 1.807) is 0 Å². The van der Waals surface area contributed by atoms with Gasteiger partial charge in [0.05, 0.1) is 21.7 Å². The van der Waals surface area contributed by atoms with Gasteiger partial charge in [0.15, 0.2) is 0 Å². The molecule has 124 valence electrons. The highest BCUT2D eigenvalue weighted by molar-refractivity contribution is 7.92. The van der Waals surface area contributed by atoms with E-state index in [1.807, 2.05) is 0 Å². The molecule has 0 aliphatic carbocycles. The van der Waals surface area contributed by atoms with Crippen LogP contribution in [0, 0.1) is 12.7 Å². The number of nitrogens with zero attached hydrogens (tertiary/aromatic N) is 1. The fraction of sp³-hybridized carbons (Fsp3) is 0.125. The zero-order chi connectivity index (χ0) is 17.6. The van der Waals surface area contributed by atoms with Gasteiger partial charge in [0.25, 0.3) is 21.8 Å². The maximum Gasteiger partial charge on any atom is 0.263 e. The third kappa shape index (κ3) is 2.44. The van der Waals surface area contributed by atoms with Gasteiger partial charge >= 0.3 is 0 Å². The number of fused-ring (bicyclic) bond motifs is 1. The first kappa shape index (κ1) is 16.1. The number of rotatable bonds is 3. The summed E-state index contributed by atoms with van der Waals surface area (Å²) in [6, 6.07) is 7.64. The van der Waals surface area contributed by atoms with Gasteiger partial charge in [-0.05, 0) is 42.8 Å². The molecule has 2 aromatic rings. The number of anilines is 1. The Balaban J connectivity index is 2.07. The van der Waals surface area contributed by atoms with Crippen LogP contribution >= 0.6 is 0 Å². The van der Waals surface area contributed by atoms with Gasteiger partial charge in [0.1, 0.15) is 5.82 Å². The van der Waals surface area contributed by atoms with Gasteiger partial charge in [-0.2, -0.15) is 0 Å². The van der Waals surface area contributed by atoms with Crippen molar-refractivity contribution in [3.8, 4) is 0 Å². The van der Waals surface area contributed by atoms with Gasteiger partial charge in [-0.15, -0.1) is 0 Å². The van der Waals surface area contributed by atoms with Crippen molar-refractivity contribution in [1.82, 2.24) is 4.90 Å². The molecule has 6 nitrogen and oxygen atoms in total.